The number of hydrazone groups is 1. The molecule has 0 radical (unpaired) electrons. The lowest BCUT2D eigenvalue weighted by Gasteiger charge is -2.09. The van der Waals surface area contributed by atoms with Gasteiger partial charge in [-0.3, -0.25) is 4.79 Å². The third-order valence-corrected chi connectivity index (χ3v) is 4.50. The molecule has 1 aromatic heterocycles. The lowest BCUT2D eigenvalue weighted by Crippen LogP contribution is -2.25. The summed E-state index contributed by atoms with van der Waals surface area (Å²) in [6.07, 6.45) is 1.60. The number of benzene rings is 2. The lowest BCUT2D eigenvalue weighted by atomic mass is 10.2. The summed E-state index contributed by atoms with van der Waals surface area (Å²) in [5, 5.41) is 7.66. The molecule has 144 valence electrons. The van der Waals surface area contributed by atoms with E-state index in [9.17, 15) is 9.18 Å². The van der Waals surface area contributed by atoms with Crippen molar-refractivity contribution >= 4 is 29.4 Å². The molecule has 0 atom stereocenters. The Morgan fingerprint density at radius 2 is 1.82 bits per heavy atom. The van der Waals surface area contributed by atoms with Gasteiger partial charge in [0.25, 0.3) is 5.91 Å². The van der Waals surface area contributed by atoms with Crippen molar-refractivity contribution in [2.45, 2.75) is 13.8 Å². The average molecular weight is 399 g/mol. The fourth-order valence-corrected chi connectivity index (χ4v) is 3.00. The second-order valence-corrected chi connectivity index (χ2v) is 6.73. The van der Waals surface area contributed by atoms with Gasteiger partial charge in [0.05, 0.1) is 12.8 Å². The Labute approximate surface area is 167 Å². The highest BCUT2D eigenvalue weighted by Gasteiger charge is 2.09. The maximum atomic E-state index is 13.2. The van der Waals surface area contributed by atoms with Crippen LogP contribution in [0.5, 0.6) is 0 Å². The summed E-state index contributed by atoms with van der Waals surface area (Å²) in [6.45, 7) is 4.00. The van der Waals surface area contributed by atoms with E-state index in [1.165, 1.54) is 12.1 Å². The Kier molecular flexibility index (Phi) is 6.11. The number of carbonyl (C=O) groups excluding carboxylic acids is 1. The van der Waals surface area contributed by atoms with Crippen LogP contribution in [0.2, 0.25) is 5.02 Å². The molecular weight excluding hydrogens is 379 g/mol. The van der Waals surface area contributed by atoms with Crippen molar-refractivity contribution in [3.63, 3.8) is 0 Å². The van der Waals surface area contributed by atoms with Gasteiger partial charge in [0.2, 0.25) is 0 Å². The van der Waals surface area contributed by atoms with Crippen molar-refractivity contribution in [1.82, 2.24) is 9.99 Å². The largest absolute Gasteiger partial charge is 0.376 e. The molecule has 0 saturated carbocycles. The second kappa shape index (κ2) is 8.71. The van der Waals surface area contributed by atoms with E-state index in [0.29, 0.717) is 5.02 Å². The first-order valence-electron chi connectivity index (χ1n) is 8.70. The zero-order valence-corrected chi connectivity index (χ0v) is 16.3. The normalized spacial score (nSPS) is 11.0. The molecule has 5 nitrogen and oxygen atoms in total. The topological polar surface area (TPSA) is 58.4 Å². The van der Waals surface area contributed by atoms with Gasteiger partial charge in [0.15, 0.2) is 0 Å². The highest BCUT2D eigenvalue weighted by Crippen LogP contribution is 2.20. The monoisotopic (exact) mass is 398 g/mol. The van der Waals surface area contributed by atoms with Gasteiger partial charge in [0.1, 0.15) is 5.82 Å². The van der Waals surface area contributed by atoms with Crippen LogP contribution in [0.4, 0.5) is 10.1 Å². The average Bonchev–Trinajstić information content (AvgIpc) is 2.96. The van der Waals surface area contributed by atoms with Gasteiger partial charge in [-0.15, -0.1) is 0 Å². The number of nitrogens with zero attached hydrogens (tertiary/aromatic N) is 2. The lowest BCUT2D eigenvalue weighted by molar-refractivity contribution is -0.119. The molecule has 2 aromatic carbocycles. The van der Waals surface area contributed by atoms with Crippen molar-refractivity contribution in [3.05, 3.63) is 82.4 Å². The molecule has 0 saturated heterocycles. The van der Waals surface area contributed by atoms with Gasteiger partial charge in [-0.05, 0) is 68.4 Å². The quantitative estimate of drug-likeness (QED) is 0.476. The minimum atomic E-state index is -0.275. The number of hydrogen-bond donors (Lipinski definition) is 2. The van der Waals surface area contributed by atoms with Crippen LogP contribution in [0.3, 0.4) is 0 Å². The zero-order valence-electron chi connectivity index (χ0n) is 15.5. The summed E-state index contributed by atoms with van der Waals surface area (Å²) in [5.74, 6) is -0.540. The number of aromatic nitrogens is 1. The molecule has 7 heteroatoms. The maximum Gasteiger partial charge on any atom is 0.259 e. The standard InChI is InChI=1S/C21H20ClFN4O/c1-14-11-16(15(2)27(14)20-9-5-18(23)6-10-20)12-25-26-21(28)13-24-19-7-3-17(22)4-8-19/h3-12,24H,13H2,1-2H3,(H,26,28)/b25-12-. The molecule has 0 unspecified atom stereocenters. The van der Waals surface area contributed by atoms with Crippen LogP contribution in [-0.2, 0) is 4.79 Å². The van der Waals surface area contributed by atoms with Crippen molar-refractivity contribution < 1.29 is 9.18 Å². The number of halogens is 2. The van der Waals surface area contributed by atoms with E-state index >= 15 is 0 Å². The van der Waals surface area contributed by atoms with E-state index in [1.807, 2.05) is 24.5 Å². The molecule has 0 aliphatic heterocycles. The van der Waals surface area contributed by atoms with Gasteiger partial charge >= 0.3 is 0 Å². The predicted molar refractivity (Wildman–Crippen MR) is 111 cm³/mol. The number of nitrogens with one attached hydrogen (secondary N) is 2. The first-order chi connectivity index (χ1) is 13.4. The third kappa shape index (κ3) is 4.78. The van der Waals surface area contributed by atoms with Crippen LogP contribution in [0.25, 0.3) is 5.69 Å². The van der Waals surface area contributed by atoms with Crippen molar-refractivity contribution in [2.75, 3.05) is 11.9 Å². The minimum Gasteiger partial charge on any atom is -0.376 e. The summed E-state index contributed by atoms with van der Waals surface area (Å²) in [4.78, 5) is 11.9. The number of anilines is 1. The smallest absolute Gasteiger partial charge is 0.259 e. The zero-order chi connectivity index (χ0) is 20.1. The molecule has 3 aromatic rings. The van der Waals surface area contributed by atoms with Gasteiger partial charge in [-0.2, -0.15) is 5.10 Å². The van der Waals surface area contributed by atoms with Crippen LogP contribution in [0.1, 0.15) is 17.0 Å². The molecule has 1 heterocycles. The fraction of sp³-hybridized carbons (Fsp3) is 0.143. The highest BCUT2D eigenvalue weighted by atomic mass is 35.5. The maximum absolute atomic E-state index is 13.2. The van der Waals surface area contributed by atoms with E-state index in [4.69, 9.17) is 11.6 Å². The Bertz CT molecular complexity index is 994. The van der Waals surface area contributed by atoms with E-state index in [1.54, 1.807) is 42.6 Å². The summed E-state index contributed by atoms with van der Waals surface area (Å²) >= 11 is 5.83. The van der Waals surface area contributed by atoms with Gasteiger partial charge in [0, 0.05) is 33.3 Å². The molecule has 0 bridgehead atoms. The first kappa shape index (κ1) is 19.6. The highest BCUT2D eigenvalue weighted by molar-refractivity contribution is 6.30. The third-order valence-electron chi connectivity index (χ3n) is 4.25. The minimum absolute atomic E-state index is 0.0908. The SMILES string of the molecule is Cc1cc(/C=N\NC(=O)CNc2ccc(Cl)cc2)c(C)n1-c1ccc(F)cc1. The van der Waals surface area contributed by atoms with Gasteiger partial charge in [-0.25, -0.2) is 9.82 Å². The molecule has 0 aliphatic carbocycles. The molecule has 0 spiro atoms. The predicted octanol–water partition coefficient (Wildman–Crippen LogP) is 4.45. The molecule has 3 rings (SSSR count). The number of carbonyl (C=O) groups is 1. The summed E-state index contributed by atoms with van der Waals surface area (Å²) < 4.78 is 15.2. The van der Waals surface area contributed by atoms with Crippen LogP contribution >= 0.6 is 11.6 Å². The van der Waals surface area contributed by atoms with Gasteiger partial charge in [-0.1, -0.05) is 11.6 Å². The number of aryl methyl sites for hydroxylation is 1. The fourth-order valence-electron chi connectivity index (χ4n) is 2.87. The van der Waals surface area contributed by atoms with E-state index in [-0.39, 0.29) is 18.3 Å². The molecule has 28 heavy (non-hydrogen) atoms. The van der Waals surface area contributed by atoms with Crippen molar-refractivity contribution in [2.24, 2.45) is 5.10 Å². The summed E-state index contributed by atoms with van der Waals surface area (Å²) in [6, 6.07) is 15.3. The number of rotatable bonds is 6. The van der Waals surface area contributed by atoms with E-state index in [0.717, 1.165) is 28.3 Å². The van der Waals surface area contributed by atoms with Crippen LogP contribution in [0, 0.1) is 19.7 Å². The summed E-state index contributed by atoms with van der Waals surface area (Å²) in [5.41, 5.74) is 6.97. The van der Waals surface area contributed by atoms with E-state index in [2.05, 4.69) is 15.8 Å². The Balaban J connectivity index is 1.61. The Morgan fingerprint density at radius 3 is 2.50 bits per heavy atom. The van der Waals surface area contributed by atoms with Crippen LogP contribution in [-0.4, -0.2) is 23.2 Å². The molecule has 0 fully saturated rings. The molecular formula is C21H20ClFN4O. The number of hydrogen-bond acceptors (Lipinski definition) is 3. The molecule has 0 aliphatic rings. The number of amides is 1. The van der Waals surface area contributed by atoms with E-state index < -0.39 is 0 Å². The Hall–Kier alpha value is -3.12. The molecule has 2 N–H and O–H groups in total. The Morgan fingerprint density at radius 1 is 1.14 bits per heavy atom. The van der Waals surface area contributed by atoms with Crippen molar-refractivity contribution in [3.8, 4) is 5.69 Å². The van der Waals surface area contributed by atoms with Gasteiger partial charge < -0.3 is 9.88 Å². The van der Waals surface area contributed by atoms with Crippen LogP contribution in [0.15, 0.2) is 59.7 Å². The first-order valence-corrected chi connectivity index (χ1v) is 9.08. The molecule has 1 amide bonds. The van der Waals surface area contributed by atoms with Crippen molar-refractivity contribution in [1.29, 1.82) is 0 Å². The second-order valence-electron chi connectivity index (χ2n) is 6.29. The summed E-state index contributed by atoms with van der Waals surface area (Å²) in [7, 11) is 0. The van der Waals surface area contributed by atoms with Crippen LogP contribution < -0.4 is 10.7 Å².